The highest BCUT2D eigenvalue weighted by atomic mass is 16.5. The SMILES string of the molecule is Cc1ccc(NC(=O)COc2cccc(/C=C3\C(=O)NC(=O)N(c4ccc(C56CC7CC(CC(C7)C5)C6)cc4)C3=O)c2)cc1C. The van der Waals surface area contributed by atoms with Crippen LogP contribution in [-0.2, 0) is 19.8 Å². The third kappa shape index (κ3) is 5.65. The molecule has 1 aliphatic heterocycles. The highest BCUT2D eigenvalue weighted by molar-refractivity contribution is 6.39. The molecule has 5 aliphatic rings. The maximum Gasteiger partial charge on any atom is 0.335 e. The molecule has 8 heteroatoms. The minimum atomic E-state index is -0.767. The fourth-order valence-corrected chi connectivity index (χ4v) is 8.35. The molecule has 5 amide bonds. The number of amides is 5. The highest BCUT2D eigenvalue weighted by Gasteiger charge is 2.51. The molecule has 45 heavy (non-hydrogen) atoms. The molecule has 8 rings (SSSR count). The first kappa shape index (κ1) is 29.0. The number of ether oxygens (including phenoxy) is 1. The monoisotopic (exact) mass is 603 g/mol. The number of urea groups is 1. The van der Waals surface area contributed by atoms with E-state index in [-0.39, 0.29) is 23.5 Å². The summed E-state index contributed by atoms with van der Waals surface area (Å²) in [7, 11) is 0. The van der Waals surface area contributed by atoms with Crippen molar-refractivity contribution < 1.29 is 23.9 Å². The number of rotatable bonds is 7. The maximum absolute atomic E-state index is 13.6. The van der Waals surface area contributed by atoms with Gasteiger partial charge in [0, 0.05) is 5.69 Å². The Bertz CT molecular complexity index is 1710. The van der Waals surface area contributed by atoms with Gasteiger partial charge in [-0.25, -0.2) is 9.69 Å². The Kier molecular flexibility index (Phi) is 7.30. The van der Waals surface area contributed by atoms with Gasteiger partial charge in [0.05, 0.1) is 5.69 Å². The van der Waals surface area contributed by atoms with Gasteiger partial charge in [0.2, 0.25) is 0 Å². The number of carbonyl (C=O) groups excluding carboxylic acids is 4. The smallest absolute Gasteiger partial charge is 0.335 e. The van der Waals surface area contributed by atoms with Gasteiger partial charge in [0.25, 0.3) is 17.7 Å². The number of anilines is 2. The van der Waals surface area contributed by atoms with E-state index in [1.807, 2.05) is 44.2 Å². The molecule has 8 nitrogen and oxygen atoms in total. The molecule has 230 valence electrons. The lowest BCUT2D eigenvalue weighted by atomic mass is 9.48. The van der Waals surface area contributed by atoms with E-state index in [0.29, 0.717) is 22.7 Å². The van der Waals surface area contributed by atoms with Crippen LogP contribution in [-0.4, -0.2) is 30.4 Å². The first-order valence-electron chi connectivity index (χ1n) is 15.8. The fraction of sp³-hybridized carbons (Fsp3) is 0.351. The minimum Gasteiger partial charge on any atom is -0.484 e. The molecule has 0 atom stereocenters. The Morgan fingerprint density at radius 1 is 0.911 bits per heavy atom. The molecule has 0 spiro atoms. The standard InChI is InChI=1S/C37H37N3O5/c1-22-6-9-29(12-23(22)2)38-33(41)21-45-31-5-3-4-24(16-31)17-32-34(42)39-36(44)40(35(32)43)30-10-7-28(8-11-30)37-18-25-13-26(19-37)15-27(14-25)20-37/h3-12,16-17,25-27H,13-15,18-21H2,1-2H3,(H,38,41)(H,39,42,44)/b32-17+. The van der Waals surface area contributed by atoms with E-state index in [1.54, 1.807) is 24.3 Å². The zero-order chi connectivity index (χ0) is 31.3. The first-order valence-corrected chi connectivity index (χ1v) is 15.8. The van der Waals surface area contributed by atoms with Gasteiger partial charge in [-0.15, -0.1) is 0 Å². The van der Waals surface area contributed by atoms with Crippen molar-refractivity contribution in [3.63, 3.8) is 0 Å². The van der Waals surface area contributed by atoms with Crippen molar-refractivity contribution in [1.82, 2.24) is 5.32 Å². The summed E-state index contributed by atoms with van der Waals surface area (Å²) in [5.74, 6) is 1.08. The summed E-state index contributed by atoms with van der Waals surface area (Å²) in [6, 6.07) is 19.5. The third-order valence-corrected chi connectivity index (χ3v) is 10.2. The van der Waals surface area contributed by atoms with Gasteiger partial charge in [0.1, 0.15) is 11.3 Å². The van der Waals surface area contributed by atoms with Gasteiger partial charge in [0.15, 0.2) is 6.61 Å². The normalized spacial score (nSPS) is 26.3. The van der Waals surface area contributed by atoms with Crippen LogP contribution in [0, 0.1) is 31.6 Å². The summed E-state index contributed by atoms with van der Waals surface area (Å²) < 4.78 is 5.69. The number of hydrogen-bond acceptors (Lipinski definition) is 5. The molecular formula is C37H37N3O5. The summed E-state index contributed by atoms with van der Waals surface area (Å²) in [6.07, 6.45) is 9.19. The van der Waals surface area contributed by atoms with Crippen molar-refractivity contribution in [1.29, 1.82) is 0 Å². The number of nitrogens with zero attached hydrogens (tertiary/aromatic N) is 1. The van der Waals surface area contributed by atoms with E-state index >= 15 is 0 Å². The first-order chi connectivity index (χ1) is 21.7. The Morgan fingerprint density at radius 2 is 1.60 bits per heavy atom. The topological polar surface area (TPSA) is 105 Å². The number of benzene rings is 3. The number of aryl methyl sites for hydroxylation is 2. The van der Waals surface area contributed by atoms with Crippen LogP contribution in [0.5, 0.6) is 5.75 Å². The quantitative estimate of drug-likeness (QED) is 0.238. The van der Waals surface area contributed by atoms with Gasteiger partial charge >= 0.3 is 6.03 Å². The van der Waals surface area contributed by atoms with Crippen LogP contribution in [0.15, 0.2) is 72.3 Å². The largest absolute Gasteiger partial charge is 0.484 e. The molecule has 1 saturated heterocycles. The van der Waals surface area contributed by atoms with E-state index in [1.165, 1.54) is 50.2 Å². The molecule has 4 aliphatic carbocycles. The Labute approximate surface area is 262 Å². The second-order valence-electron chi connectivity index (χ2n) is 13.4. The van der Waals surface area contributed by atoms with Gasteiger partial charge < -0.3 is 10.1 Å². The molecule has 4 saturated carbocycles. The molecule has 1 heterocycles. The second kappa shape index (κ2) is 11.3. The molecular weight excluding hydrogens is 566 g/mol. The lowest BCUT2D eigenvalue weighted by Gasteiger charge is -2.57. The highest BCUT2D eigenvalue weighted by Crippen LogP contribution is 2.60. The molecule has 0 aromatic heterocycles. The predicted octanol–water partition coefficient (Wildman–Crippen LogP) is 6.46. The number of imide groups is 2. The maximum atomic E-state index is 13.6. The molecule has 5 fully saturated rings. The van der Waals surface area contributed by atoms with E-state index < -0.39 is 17.8 Å². The van der Waals surface area contributed by atoms with Gasteiger partial charge in [-0.2, -0.15) is 0 Å². The average Bonchev–Trinajstić information content (AvgIpc) is 3.00. The molecule has 4 bridgehead atoms. The third-order valence-electron chi connectivity index (χ3n) is 10.2. The molecule has 3 aromatic rings. The summed E-state index contributed by atoms with van der Waals surface area (Å²) in [5.41, 5.74) is 5.18. The zero-order valence-corrected chi connectivity index (χ0v) is 25.6. The average molecular weight is 604 g/mol. The molecule has 2 N–H and O–H groups in total. The van der Waals surface area contributed by atoms with E-state index in [9.17, 15) is 19.2 Å². The van der Waals surface area contributed by atoms with Crippen LogP contribution in [0.25, 0.3) is 6.08 Å². The van der Waals surface area contributed by atoms with Crippen molar-refractivity contribution in [2.45, 2.75) is 57.8 Å². The summed E-state index contributed by atoms with van der Waals surface area (Å²) in [4.78, 5) is 52.7. The van der Waals surface area contributed by atoms with Gasteiger partial charge in [-0.05, 0) is 140 Å². The number of barbiturate groups is 1. The number of nitrogens with one attached hydrogen (secondary N) is 2. The van der Waals surface area contributed by atoms with E-state index in [0.717, 1.165) is 33.8 Å². The van der Waals surface area contributed by atoms with Crippen LogP contribution in [0.2, 0.25) is 0 Å². The Morgan fingerprint density at radius 3 is 2.27 bits per heavy atom. The lowest BCUT2D eigenvalue weighted by Crippen LogP contribution is -2.54. The molecule has 0 radical (unpaired) electrons. The van der Waals surface area contributed by atoms with Gasteiger partial charge in [-0.1, -0.05) is 30.3 Å². The zero-order valence-electron chi connectivity index (χ0n) is 25.6. The summed E-state index contributed by atoms with van der Waals surface area (Å²) in [6.45, 7) is 3.77. The predicted molar refractivity (Wildman–Crippen MR) is 172 cm³/mol. The van der Waals surface area contributed by atoms with Crippen LogP contribution >= 0.6 is 0 Å². The van der Waals surface area contributed by atoms with Crippen molar-refractivity contribution in [2.75, 3.05) is 16.8 Å². The van der Waals surface area contributed by atoms with E-state index in [2.05, 4.69) is 22.8 Å². The molecule has 3 aromatic carbocycles. The van der Waals surface area contributed by atoms with E-state index in [4.69, 9.17) is 4.74 Å². The van der Waals surface area contributed by atoms with Crippen LogP contribution < -0.4 is 20.3 Å². The summed E-state index contributed by atoms with van der Waals surface area (Å²) in [5, 5.41) is 5.13. The van der Waals surface area contributed by atoms with Crippen LogP contribution in [0.3, 0.4) is 0 Å². The molecule has 0 unspecified atom stereocenters. The number of hydrogen-bond donors (Lipinski definition) is 2. The van der Waals surface area contributed by atoms with Crippen LogP contribution in [0.1, 0.15) is 60.8 Å². The van der Waals surface area contributed by atoms with Crippen molar-refractivity contribution in [3.8, 4) is 5.75 Å². The lowest BCUT2D eigenvalue weighted by molar-refractivity contribution is -0.122. The van der Waals surface area contributed by atoms with Crippen molar-refractivity contribution >= 4 is 41.2 Å². The Balaban J connectivity index is 1.05. The Hall–Kier alpha value is -4.72. The summed E-state index contributed by atoms with van der Waals surface area (Å²) >= 11 is 0. The van der Waals surface area contributed by atoms with Crippen molar-refractivity contribution in [3.05, 3.63) is 94.6 Å². The second-order valence-corrected chi connectivity index (χ2v) is 13.4. The van der Waals surface area contributed by atoms with Crippen LogP contribution in [0.4, 0.5) is 16.2 Å². The van der Waals surface area contributed by atoms with Gasteiger partial charge in [-0.3, -0.25) is 19.7 Å². The fourth-order valence-electron chi connectivity index (χ4n) is 8.35. The van der Waals surface area contributed by atoms with Crippen molar-refractivity contribution in [2.24, 2.45) is 17.8 Å². The number of carbonyl (C=O) groups is 4. The minimum absolute atomic E-state index is 0.163.